The normalized spacial score (nSPS) is 12.4. The van der Waals surface area contributed by atoms with Crippen LogP contribution < -0.4 is 4.90 Å². The van der Waals surface area contributed by atoms with E-state index in [9.17, 15) is 0 Å². The number of nitrogens with zero attached hydrogens (tertiary/aromatic N) is 4. The van der Waals surface area contributed by atoms with Crippen molar-refractivity contribution in [3.05, 3.63) is 66.9 Å². The number of fused-ring (bicyclic) bond motifs is 5. The second kappa shape index (κ2) is 11.9. The minimum atomic E-state index is -0.0318. The third kappa shape index (κ3) is 6.55. The van der Waals surface area contributed by atoms with Gasteiger partial charge in [-0.05, 0) is 32.4 Å². The summed E-state index contributed by atoms with van der Waals surface area (Å²) in [6.07, 6.45) is 0. The number of rotatable bonds is 4. The molecule has 176 valence electrons. The first-order valence-corrected chi connectivity index (χ1v) is 11.3. The minimum Gasteiger partial charge on any atom is -0.411 e. The molecule has 0 radical (unpaired) electrons. The van der Waals surface area contributed by atoms with Crippen LogP contribution in [0.25, 0.3) is 22.5 Å². The smallest absolute Gasteiger partial charge is 0.411 e. The number of aromatic nitrogens is 3. The van der Waals surface area contributed by atoms with Crippen LogP contribution in [0.1, 0.15) is 47.1 Å². The topological polar surface area (TPSA) is 43.2 Å². The predicted octanol–water partition coefficient (Wildman–Crippen LogP) is 6.20. The standard InChI is InChI=1S/C23H27N4O.C4H9.W/c1-5-28-15-14-27-22-19-12-8-9-13-20(19)26(23(2,3)4)16-17-10-6-7-11-18(17)21(22)24-25-27;1-4(2)3;/h6-13H,1,5,14-16H2,2-4H3;1-3H3;/q2*-1;+2. The van der Waals surface area contributed by atoms with Gasteiger partial charge in [-0.3, -0.25) is 0 Å². The molecule has 0 N–H and O–H groups in total. The Labute approximate surface area is 213 Å². The molecule has 0 saturated heterocycles. The van der Waals surface area contributed by atoms with Gasteiger partial charge < -0.3 is 22.5 Å². The van der Waals surface area contributed by atoms with E-state index < -0.39 is 0 Å². The maximum absolute atomic E-state index is 5.48. The minimum absolute atomic E-state index is 0. The summed E-state index contributed by atoms with van der Waals surface area (Å²) in [6, 6.07) is 17.1. The first kappa shape index (κ1) is 27.3. The Kier molecular flexibility index (Phi) is 9.87. The summed E-state index contributed by atoms with van der Waals surface area (Å²) in [6.45, 7) is 19.3. The van der Waals surface area contributed by atoms with Gasteiger partial charge in [-0.15, -0.1) is 5.10 Å². The summed E-state index contributed by atoms with van der Waals surface area (Å²) in [5, 5.41) is 9.07. The van der Waals surface area contributed by atoms with Gasteiger partial charge in [0.1, 0.15) is 5.69 Å². The average molecular weight is 616 g/mol. The van der Waals surface area contributed by atoms with Crippen molar-refractivity contribution in [1.29, 1.82) is 0 Å². The van der Waals surface area contributed by atoms with Crippen LogP contribution in [-0.2, 0) is 38.9 Å². The zero-order chi connectivity index (χ0) is 23.3. The van der Waals surface area contributed by atoms with Gasteiger partial charge >= 0.3 is 21.1 Å². The van der Waals surface area contributed by atoms with Gasteiger partial charge in [0.15, 0.2) is 0 Å². The molecular weight excluding hydrogens is 580 g/mol. The maximum Gasteiger partial charge on any atom is 2.00 e. The Morgan fingerprint density at radius 1 is 1.00 bits per heavy atom. The molecule has 0 spiro atoms. The molecule has 2 heterocycles. The van der Waals surface area contributed by atoms with Gasteiger partial charge in [0, 0.05) is 28.9 Å². The van der Waals surface area contributed by atoms with Gasteiger partial charge in [-0.1, -0.05) is 54.3 Å². The largest absolute Gasteiger partial charge is 2.00 e. The van der Waals surface area contributed by atoms with Crippen LogP contribution in [0, 0.1) is 12.8 Å². The molecule has 1 aromatic heterocycles. The molecule has 6 heteroatoms. The monoisotopic (exact) mass is 616 g/mol. The number of benzene rings is 2. The molecule has 5 nitrogen and oxygen atoms in total. The van der Waals surface area contributed by atoms with Gasteiger partial charge in [0.25, 0.3) is 0 Å². The summed E-state index contributed by atoms with van der Waals surface area (Å²) in [7, 11) is 0. The number of anilines is 1. The molecule has 0 fully saturated rings. The van der Waals surface area contributed by atoms with E-state index in [1.54, 1.807) is 0 Å². The van der Waals surface area contributed by atoms with Crippen molar-refractivity contribution < 1.29 is 25.8 Å². The van der Waals surface area contributed by atoms with Crippen molar-refractivity contribution in [1.82, 2.24) is 15.0 Å². The molecule has 0 amide bonds. The summed E-state index contributed by atoms with van der Waals surface area (Å²) < 4.78 is 7.44. The maximum atomic E-state index is 5.48. The fourth-order valence-electron chi connectivity index (χ4n) is 3.82. The van der Waals surface area contributed by atoms with Crippen LogP contribution in [0.5, 0.6) is 0 Å². The summed E-state index contributed by atoms with van der Waals surface area (Å²) in [5.41, 5.74) is 6.71. The van der Waals surface area contributed by atoms with Crippen LogP contribution >= 0.6 is 0 Å². The van der Waals surface area contributed by atoms with E-state index in [1.807, 2.05) is 4.68 Å². The third-order valence-corrected chi connectivity index (χ3v) is 5.19. The quantitative estimate of drug-likeness (QED) is 0.259. The first-order chi connectivity index (χ1) is 15.2. The SMILES string of the molecule is C[C-](C)C.[CH2-]COCCn1nnc2c1-c1ccccc1N(C(C)(C)C)Cc1ccccc1-2.[W+2]. The summed E-state index contributed by atoms with van der Waals surface area (Å²) >= 11 is 0. The van der Waals surface area contributed by atoms with Gasteiger partial charge in [-0.25, -0.2) is 4.68 Å². The van der Waals surface area contributed by atoms with Crippen molar-refractivity contribution in [2.75, 3.05) is 18.1 Å². The van der Waals surface area contributed by atoms with Gasteiger partial charge in [0.05, 0.1) is 18.8 Å². The Morgan fingerprint density at radius 3 is 2.24 bits per heavy atom. The zero-order valence-electron chi connectivity index (χ0n) is 20.8. The molecular formula is C27H36N4OW. The second-order valence-electron chi connectivity index (χ2n) is 9.55. The molecule has 0 atom stereocenters. The number of ether oxygens (including phenoxy) is 1. The molecule has 1 aliphatic heterocycles. The van der Waals surface area contributed by atoms with E-state index in [1.165, 1.54) is 17.2 Å². The van der Waals surface area contributed by atoms with Crippen molar-refractivity contribution in [3.63, 3.8) is 0 Å². The van der Waals surface area contributed by atoms with Crippen LogP contribution in [0.15, 0.2) is 48.5 Å². The Morgan fingerprint density at radius 2 is 1.61 bits per heavy atom. The van der Waals surface area contributed by atoms with Gasteiger partial charge in [-0.2, -0.15) is 20.8 Å². The fourth-order valence-corrected chi connectivity index (χ4v) is 3.82. The van der Waals surface area contributed by atoms with E-state index >= 15 is 0 Å². The van der Waals surface area contributed by atoms with Gasteiger partial charge in [0.2, 0.25) is 0 Å². The van der Waals surface area contributed by atoms with E-state index in [0.29, 0.717) is 19.8 Å². The van der Waals surface area contributed by atoms with E-state index in [4.69, 9.17) is 4.74 Å². The molecule has 0 unspecified atom stereocenters. The second-order valence-corrected chi connectivity index (χ2v) is 9.55. The molecule has 1 aliphatic rings. The van der Waals surface area contributed by atoms with E-state index in [2.05, 4.69) is 112 Å². The van der Waals surface area contributed by atoms with Crippen molar-refractivity contribution in [2.45, 2.75) is 60.2 Å². The Bertz CT molecular complexity index is 1020. The first-order valence-electron chi connectivity index (χ1n) is 11.3. The fraction of sp³-hybridized carbons (Fsp3) is 0.407. The van der Waals surface area contributed by atoms with Crippen LogP contribution in [0.4, 0.5) is 5.69 Å². The van der Waals surface area contributed by atoms with Crippen molar-refractivity contribution in [2.24, 2.45) is 0 Å². The third-order valence-electron chi connectivity index (χ3n) is 5.19. The molecule has 0 saturated carbocycles. The molecule has 2 aromatic carbocycles. The van der Waals surface area contributed by atoms with E-state index in [0.717, 1.165) is 29.1 Å². The molecule has 0 bridgehead atoms. The van der Waals surface area contributed by atoms with Crippen LogP contribution in [0.2, 0.25) is 0 Å². The molecule has 0 aliphatic carbocycles. The number of para-hydroxylation sites is 1. The van der Waals surface area contributed by atoms with Crippen LogP contribution in [-0.4, -0.2) is 33.7 Å². The Balaban J connectivity index is 0.000000714. The zero-order valence-corrected chi connectivity index (χ0v) is 23.7. The summed E-state index contributed by atoms with van der Waals surface area (Å²) in [5.74, 6) is 1.42. The Hall–Kier alpha value is -1.97. The molecule has 33 heavy (non-hydrogen) atoms. The summed E-state index contributed by atoms with van der Waals surface area (Å²) in [4.78, 5) is 2.47. The predicted molar refractivity (Wildman–Crippen MR) is 133 cm³/mol. The average Bonchev–Trinajstić information content (AvgIpc) is 3.13. The molecule has 3 aromatic rings. The number of hydrogen-bond donors (Lipinski definition) is 0. The van der Waals surface area contributed by atoms with E-state index in [-0.39, 0.29) is 26.6 Å². The number of hydrogen-bond acceptors (Lipinski definition) is 4. The van der Waals surface area contributed by atoms with Crippen LogP contribution in [0.3, 0.4) is 0 Å². The van der Waals surface area contributed by atoms with Crippen molar-refractivity contribution in [3.8, 4) is 22.5 Å². The molecule has 4 rings (SSSR count). The van der Waals surface area contributed by atoms with Crippen molar-refractivity contribution >= 4 is 5.69 Å².